The Kier molecular flexibility index (Phi) is 7.00. The summed E-state index contributed by atoms with van der Waals surface area (Å²) in [6, 6.07) is 13.3. The van der Waals surface area contributed by atoms with Crippen LogP contribution in [0.2, 0.25) is 0 Å². The molecular formula is C20H25ClN2O3. The van der Waals surface area contributed by atoms with E-state index >= 15 is 0 Å². The number of aliphatic hydroxyl groups is 1. The fourth-order valence-electron chi connectivity index (χ4n) is 3.36. The third-order valence-corrected chi connectivity index (χ3v) is 4.89. The molecule has 5 nitrogen and oxygen atoms in total. The number of amides is 1. The molecule has 2 aromatic rings. The highest BCUT2D eigenvalue weighted by Crippen LogP contribution is 2.36. The van der Waals surface area contributed by atoms with Gasteiger partial charge in [0.15, 0.2) is 0 Å². The van der Waals surface area contributed by atoms with Gasteiger partial charge in [0.2, 0.25) is 5.91 Å². The number of aromatic nitrogens is 1. The number of hydrogen-bond acceptors (Lipinski definition) is 4. The summed E-state index contributed by atoms with van der Waals surface area (Å²) < 4.78 is 0. The Morgan fingerprint density at radius 3 is 2.46 bits per heavy atom. The van der Waals surface area contributed by atoms with Crippen molar-refractivity contribution in [3.63, 3.8) is 0 Å². The first-order chi connectivity index (χ1) is 12.0. The summed E-state index contributed by atoms with van der Waals surface area (Å²) in [6.07, 6.45) is 5.10. The molecular weight excluding hydrogens is 352 g/mol. The van der Waals surface area contributed by atoms with E-state index in [0.717, 1.165) is 24.8 Å². The van der Waals surface area contributed by atoms with Crippen LogP contribution in [0.5, 0.6) is 5.75 Å². The standard InChI is InChI=1S/C20H24N2O3.ClH/c23-17-7-8-18(21-14-17)20(25)12-10-16(11-13-20)22-19(24)9-6-15-4-2-1-3-5-15;/h1-5,7-8,14,16,23,25H,6,9-13H2,(H,22,24);1H/t16-,20+;. The maximum atomic E-state index is 12.1. The van der Waals surface area contributed by atoms with Gasteiger partial charge in [-0.2, -0.15) is 0 Å². The average molecular weight is 377 g/mol. The van der Waals surface area contributed by atoms with E-state index < -0.39 is 5.60 Å². The molecule has 1 aromatic heterocycles. The summed E-state index contributed by atoms with van der Waals surface area (Å²) >= 11 is 0. The van der Waals surface area contributed by atoms with Gasteiger partial charge in [-0.25, -0.2) is 0 Å². The first-order valence-electron chi connectivity index (χ1n) is 8.76. The molecule has 1 fully saturated rings. The van der Waals surface area contributed by atoms with E-state index in [9.17, 15) is 15.0 Å². The number of hydrogen-bond donors (Lipinski definition) is 3. The number of nitrogens with zero attached hydrogens (tertiary/aromatic N) is 1. The lowest BCUT2D eigenvalue weighted by atomic mass is 9.80. The smallest absolute Gasteiger partial charge is 0.220 e. The summed E-state index contributed by atoms with van der Waals surface area (Å²) in [5.74, 6) is 0.147. The van der Waals surface area contributed by atoms with E-state index in [-0.39, 0.29) is 30.1 Å². The Morgan fingerprint density at radius 2 is 1.85 bits per heavy atom. The predicted octanol–water partition coefficient (Wildman–Crippen LogP) is 3.09. The fraction of sp³-hybridized carbons (Fsp3) is 0.400. The minimum atomic E-state index is -0.973. The molecule has 1 aliphatic rings. The van der Waals surface area contributed by atoms with Crippen molar-refractivity contribution in [3.8, 4) is 5.75 Å². The van der Waals surface area contributed by atoms with Crippen LogP contribution in [-0.2, 0) is 16.8 Å². The lowest BCUT2D eigenvalue weighted by Crippen LogP contribution is -2.42. The summed E-state index contributed by atoms with van der Waals surface area (Å²) in [4.78, 5) is 16.3. The summed E-state index contributed by atoms with van der Waals surface area (Å²) in [6.45, 7) is 0. The van der Waals surface area contributed by atoms with Gasteiger partial charge >= 0.3 is 0 Å². The Hall–Kier alpha value is -2.11. The number of aryl methyl sites for hydroxylation is 1. The maximum Gasteiger partial charge on any atom is 0.220 e. The molecule has 0 spiro atoms. The molecule has 1 amide bonds. The molecule has 6 heteroatoms. The quantitative estimate of drug-likeness (QED) is 0.748. The number of nitrogens with one attached hydrogen (secondary N) is 1. The SMILES string of the molecule is Cl.O=C(CCc1ccccc1)N[C@H]1CC[C@](O)(c2ccc(O)cn2)CC1. The molecule has 0 radical (unpaired) electrons. The number of benzene rings is 1. The molecule has 1 aliphatic carbocycles. The van der Waals surface area contributed by atoms with Crippen LogP contribution in [0.25, 0.3) is 0 Å². The number of rotatable bonds is 5. The Labute approximate surface area is 159 Å². The van der Waals surface area contributed by atoms with E-state index in [1.807, 2.05) is 30.3 Å². The highest BCUT2D eigenvalue weighted by Gasteiger charge is 2.36. The van der Waals surface area contributed by atoms with Crippen LogP contribution in [0.4, 0.5) is 0 Å². The van der Waals surface area contributed by atoms with Gasteiger partial charge < -0.3 is 15.5 Å². The van der Waals surface area contributed by atoms with Gasteiger partial charge in [0.1, 0.15) is 11.4 Å². The lowest BCUT2D eigenvalue weighted by molar-refractivity contribution is -0.122. The third-order valence-electron chi connectivity index (χ3n) is 4.89. The predicted molar refractivity (Wildman–Crippen MR) is 102 cm³/mol. The van der Waals surface area contributed by atoms with Crippen LogP contribution < -0.4 is 5.32 Å². The zero-order valence-electron chi connectivity index (χ0n) is 14.6. The summed E-state index contributed by atoms with van der Waals surface area (Å²) in [5, 5.41) is 23.2. The van der Waals surface area contributed by atoms with Crippen molar-refractivity contribution >= 4 is 18.3 Å². The molecule has 140 valence electrons. The second kappa shape index (κ2) is 9.01. The number of carbonyl (C=O) groups is 1. The van der Waals surface area contributed by atoms with Crippen LogP contribution in [0.3, 0.4) is 0 Å². The van der Waals surface area contributed by atoms with E-state index in [0.29, 0.717) is 25.0 Å². The molecule has 0 saturated heterocycles. The van der Waals surface area contributed by atoms with Crippen LogP contribution in [-0.4, -0.2) is 27.1 Å². The van der Waals surface area contributed by atoms with Crippen LogP contribution in [0.15, 0.2) is 48.7 Å². The Bertz CT molecular complexity index is 699. The third kappa shape index (κ3) is 5.19. The molecule has 26 heavy (non-hydrogen) atoms. The van der Waals surface area contributed by atoms with Crippen molar-refractivity contribution in [2.75, 3.05) is 0 Å². The second-order valence-corrected chi connectivity index (χ2v) is 6.76. The van der Waals surface area contributed by atoms with Crippen molar-refractivity contribution in [1.82, 2.24) is 10.3 Å². The number of halogens is 1. The van der Waals surface area contributed by atoms with E-state index in [1.165, 1.54) is 12.3 Å². The monoisotopic (exact) mass is 376 g/mol. The molecule has 1 heterocycles. The number of pyridine rings is 1. The normalized spacial score (nSPS) is 22.3. The van der Waals surface area contributed by atoms with Gasteiger partial charge in [0.05, 0.1) is 11.9 Å². The van der Waals surface area contributed by atoms with Crippen molar-refractivity contribution in [1.29, 1.82) is 0 Å². The van der Waals surface area contributed by atoms with Crippen LogP contribution in [0, 0.1) is 0 Å². The van der Waals surface area contributed by atoms with Crippen molar-refractivity contribution in [3.05, 3.63) is 59.9 Å². The van der Waals surface area contributed by atoms with Crippen molar-refractivity contribution < 1.29 is 15.0 Å². The summed E-state index contributed by atoms with van der Waals surface area (Å²) in [7, 11) is 0. The maximum absolute atomic E-state index is 12.1. The minimum Gasteiger partial charge on any atom is -0.506 e. The minimum absolute atomic E-state index is 0. The summed E-state index contributed by atoms with van der Waals surface area (Å²) in [5.41, 5.74) is 0.770. The Balaban J connectivity index is 0.00000243. The first kappa shape index (κ1) is 20.2. The van der Waals surface area contributed by atoms with Crippen LogP contribution in [0.1, 0.15) is 43.4 Å². The average Bonchev–Trinajstić information content (AvgIpc) is 2.63. The zero-order valence-corrected chi connectivity index (χ0v) is 15.4. The topological polar surface area (TPSA) is 82.5 Å². The molecule has 1 aromatic carbocycles. The molecule has 0 atom stereocenters. The molecule has 3 N–H and O–H groups in total. The number of carbonyl (C=O) groups excluding carboxylic acids is 1. The molecule has 0 bridgehead atoms. The van der Waals surface area contributed by atoms with Gasteiger partial charge in [0.25, 0.3) is 0 Å². The van der Waals surface area contributed by atoms with Gasteiger partial charge in [-0.05, 0) is 49.8 Å². The lowest BCUT2D eigenvalue weighted by Gasteiger charge is -2.35. The highest BCUT2D eigenvalue weighted by atomic mass is 35.5. The molecule has 1 saturated carbocycles. The number of aromatic hydroxyl groups is 1. The fourth-order valence-corrected chi connectivity index (χ4v) is 3.36. The van der Waals surface area contributed by atoms with Gasteiger partial charge in [0, 0.05) is 12.5 Å². The van der Waals surface area contributed by atoms with E-state index in [4.69, 9.17) is 0 Å². The van der Waals surface area contributed by atoms with Crippen molar-refractivity contribution in [2.24, 2.45) is 0 Å². The molecule has 0 unspecified atom stereocenters. The zero-order chi connectivity index (χ0) is 17.7. The van der Waals surface area contributed by atoms with Crippen LogP contribution >= 0.6 is 12.4 Å². The first-order valence-corrected chi connectivity index (χ1v) is 8.76. The van der Waals surface area contributed by atoms with Gasteiger partial charge in [-0.1, -0.05) is 30.3 Å². The van der Waals surface area contributed by atoms with Gasteiger partial charge in [-0.3, -0.25) is 9.78 Å². The second-order valence-electron chi connectivity index (χ2n) is 6.76. The largest absolute Gasteiger partial charge is 0.506 e. The molecule has 3 rings (SSSR count). The van der Waals surface area contributed by atoms with E-state index in [2.05, 4.69) is 10.3 Å². The highest BCUT2D eigenvalue weighted by molar-refractivity contribution is 5.85. The Morgan fingerprint density at radius 1 is 1.15 bits per heavy atom. The van der Waals surface area contributed by atoms with Gasteiger partial charge in [-0.15, -0.1) is 12.4 Å². The molecule has 0 aliphatic heterocycles. The van der Waals surface area contributed by atoms with E-state index in [1.54, 1.807) is 6.07 Å². The van der Waals surface area contributed by atoms with Crippen molar-refractivity contribution in [2.45, 2.75) is 50.2 Å².